The van der Waals surface area contributed by atoms with Crippen molar-refractivity contribution in [1.82, 2.24) is 0 Å². The minimum absolute atomic E-state index is 0.106. The standard InChI is InChI=1S/C14H13F5N2O5/c1-4(23)21(12-10(18)8(16)7(15)9(17)11(12)19)20-2-5-13(24)14(25)6(3-22)26-5/h2,5-6,13-14,22,24-25H,3H2,1H3/b20-2+/t5-,6-,13-,14-/m1/s1. The molecule has 1 aliphatic heterocycles. The molecule has 0 radical (unpaired) electrons. The number of hydrogen-bond acceptors (Lipinski definition) is 6. The zero-order valence-corrected chi connectivity index (χ0v) is 13.0. The second-order valence-corrected chi connectivity index (χ2v) is 5.32. The summed E-state index contributed by atoms with van der Waals surface area (Å²) in [5, 5.41) is 31.4. The highest BCUT2D eigenvalue weighted by Gasteiger charge is 2.41. The third-order valence-electron chi connectivity index (χ3n) is 3.61. The van der Waals surface area contributed by atoms with Gasteiger partial charge in [0, 0.05) is 6.92 Å². The number of carbonyl (C=O) groups excluding carboxylic acids is 1. The van der Waals surface area contributed by atoms with Gasteiger partial charge in [0.1, 0.15) is 30.1 Å². The summed E-state index contributed by atoms with van der Waals surface area (Å²) in [5.41, 5.74) is -1.61. The van der Waals surface area contributed by atoms with Crippen molar-refractivity contribution in [3.63, 3.8) is 0 Å². The fraction of sp³-hybridized carbons (Fsp3) is 0.429. The Morgan fingerprint density at radius 3 is 2.00 bits per heavy atom. The number of carbonyl (C=O) groups is 1. The van der Waals surface area contributed by atoms with Gasteiger partial charge in [0.05, 0.1) is 12.8 Å². The molecule has 3 N–H and O–H groups in total. The molecular weight excluding hydrogens is 371 g/mol. The lowest BCUT2D eigenvalue weighted by atomic mass is 10.1. The first-order chi connectivity index (χ1) is 12.1. The maximum atomic E-state index is 13.8. The summed E-state index contributed by atoms with van der Waals surface area (Å²) < 4.78 is 72.3. The number of nitrogens with zero attached hydrogens (tertiary/aromatic N) is 2. The average molecular weight is 384 g/mol. The molecule has 2 rings (SSSR count). The molecule has 1 fully saturated rings. The first-order valence-electron chi connectivity index (χ1n) is 7.10. The molecule has 1 amide bonds. The third kappa shape index (κ3) is 3.40. The van der Waals surface area contributed by atoms with Gasteiger partial charge >= 0.3 is 0 Å². The minimum atomic E-state index is -2.40. The maximum Gasteiger partial charge on any atom is 0.244 e. The quantitative estimate of drug-likeness (QED) is 0.226. The monoisotopic (exact) mass is 384 g/mol. The van der Waals surface area contributed by atoms with Crippen molar-refractivity contribution >= 4 is 17.8 Å². The maximum absolute atomic E-state index is 13.8. The van der Waals surface area contributed by atoms with Gasteiger partial charge in [0.2, 0.25) is 11.7 Å². The number of aliphatic hydroxyl groups is 3. The van der Waals surface area contributed by atoms with Crippen molar-refractivity contribution in [3.05, 3.63) is 29.1 Å². The number of aliphatic hydroxyl groups excluding tert-OH is 3. The zero-order chi connectivity index (χ0) is 19.8. The number of benzene rings is 1. The number of rotatable bonds is 4. The van der Waals surface area contributed by atoms with Crippen molar-refractivity contribution < 1.29 is 46.8 Å². The largest absolute Gasteiger partial charge is 0.394 e. The van der Waals surface area contributed by atoms with Crippen molar-refractivity contribution in [2.24, 2.45) is 5.10 Å². The smallest absolute Gasteiger partial charge is 0.244 e. The molecule has 0 bridgehead atoms. The van der Waals surface area contributed by atoms with E-state index in [-0.39, 0.29) is 5.01 Å². The van der Waals surface area contributed by atoms with Crippen LogP contribution in [0.5, 0.6) is 0 Å². The van der Waals surface area contributed by atoms with Gasteiger partial charge in [0.15, 0.2) is 23.3 Å². The van der Waals surface area contributed by atoms with Crippen LogP contribution in [0.3, 0.4) is 0 Å². The zero-order valence-electron chi connectivity index (χ0n) is 13.0. The lowest BCUT2D eigenvalue weighted by Gasteiger charge is -2.18. The van der Waals surface area contributed by atoms with E-state index in [1.807, 2.05) is 0 Å². The molecule has 1 aromatic rings. The van der Waals surface area contributed by atoms with Gasteiger partial charge in [-0.25, -0.2) is 22.0 Å². The molecule has 144 valence electrons. The summed E-state index contributed by atoms with van der Waals surface area (Å²) >= 11 is 0. The summed E-state index contributed by atoms with van der Waals surface area (Å²) in [5.74, 6) is -12.7. The van der Waals surface area contributed by atoms with Crippen LogP contribution in [0.15, 0.2) is 5.10 Å². The Kier molecular flexibility index (Phi) is 5.91. The highest BCUT2D eigenvalue weighted by molar-refractivity contribution is 5.92. The first kappa shape index (κ1) is 20.2. The van der Waals surface area contributed by atoms with E-state index in [1.54, 1.807) is 0 Å². The number of amides is 1. The molecule has 0 saturated carbocycles. The molecule has 0 aromatic heterocycles. The Hall–Kier alpha value is -2.15. The highest BCUT2D eigenvalue weighted by Crippen LogP contribution is 2.31. The first-order valence-corrected chi connectivity index (χ1v) is 7.10. The Labute approximate surface area is 142 Å². The van der Waals surface area contributed by atoms with Gasteiger partial charge in [-0.2, -0.15) is 10.1 Å². The van der Waals surface area contributed by atoms with E-state index in [1.165, 1.54) is 0 Å². The third-order valence-corrected chi connectivity index (χ3v) is 3.61. The SMILES string of the molecule is CC(=O)N(/N=C/[C@H]1O[C@H](CO)[C@@H](O)[C@@H]1O)c1c(F)c(F)c(F)c(F)c1F. The van der Waals surface area contributed by atoms with E-state index in [2.05, 4.69) is 5.10 Å². The number of hydrazone groups is 1. The molecule has 1 saturated heterocycles. The predicted molar refractivity (Wildman–Crippen MR) is 75.6 cm³/mol. The van der Waals surface area contributed by atoms with E-state index >= 15 is 0 Å². The van der Waals surface area contributed by atoms with Gasteiger partial charge < -0.3 is 20.1 Å². The molecule has 0 aliphatic carbocycles. The molecule has 12 heteroatoms. The van der Waals surface area contributed by atoms with E-state index < -0.39 is 71.7 Å². The summed E-state index contributed by atoms with van der Waals surface area (Å²) in [6.45, 7) is 0.0727. The molecule has 4 atom stereocenters. The number of hydrogen-bond donors (Lipinski definition) is 3. The van der Waals surface area contributed by atoms with Crippen molar-refractivity contribution in [2.45, 2.75) is 31.3 Å². The van der Waals surface area contributed by atoms with E-state index in [4.69, 9.17) is 9.84 Å². The van der Waals surface area contributed by atoms with Crippen LogP contribution in [0.4, 0.5) is 27.6 Å². The number of anilines is 1. The topological polar surface area (TPSA) is 103 Å². The van der Waals surface area contributed by atoms with Crippen LogP contribution in [-0.2, 0) is 9.53 Å². The van der Waals surface area contributed by atoms with Crippen LogP contribution in [0.1, 0.15) is 6.92 Å². The van der Waals surface area contributed by atoms with Crippen LogP contribution >= 0.6 is 0 Å². The molecule has 0 unspecified atom stereocenters. The lowest BCUT2D eigenvalue weighted by molar-refractivity contribution is -0.116. The van der Waals surface area contributed by atoms with Gasteiger partial charge in [-0.3, -0.25) is 4.79 Å². The Morgan fingerprint density at radius 1 is 1.08 bits per heavy atom. The van der Waals surface area contributed by atoms with Gasteiger partial charge in [-0.15, -0.1) is 0 Å². The molecule has 26 heavy (non-hydrogen) atoms. The van der Waals surface area contributed by atoms with E-state index in [0.717, 1.165) is 6.92 Å². The second-order valence-electron chi connectivity index (χ2n) is 5.32. The average Bonchev–Trinajstić information content (AvgIpc) is 2.88. The van der Waals surface area contributed by atoms with Crippen LogP contribution in [0, 0.1) is 29.1 Å². The Morgan fingerprint density at radius 2 is 1.58 bits per heavy atom. The van der Waals surface area contributed by atoms with Gasteiger partial charge in [0.25, 0.3) is 0 Å². The van der Waals surface area contributed by atoms with Crippen LogP contribution < -0.4 is 5.01 Å². The summed E-state index contributed by atoms with van der Waals surface area (Å²) in [7, 11) is 0. The van der Waals surface area contributed by atoms with E-state index in [0.29, 0.717) is 6.21 Å². The number of ether oxygens (including phenoxy) is 1. The van der Waals surface area contributed by atoms with Gasteiger partial charge in [-0.1, -0.05) is 0 Å². The molecule has 1 aromatic carbocycles. The van der Waals surface area contributed by atoms with Crippen molar-refractivity contribution in [2.75, 3.05) is 11.6 Å². The fourth-order valence-corrected chi connectivity index (χ4v) is 2.26. The Bertz CT molecular complexity index is 718. The molecular formula is C14H13F5N2O5. The van der Waals surface area contributed by atoms with Gasteiger partial charge in [-0.05, 0) is 0 Å². The van der Waals surface area contributed by atoms with Crippen LogP contribution in [0.2, 0.25) is 0 Å². The fourth-order valence-electron chi connectivity index (χ4n) is 2.26. The highest BCUT2D eigenvalue weighted by atomic mass is 19.2. The van der Waals surface area contributed by atoms with E-state index in [9.17, 15) is 37.0 Å². The predicted octanol–water partition coefficient (Wildman–Crippen LogP) is 0.202. The Balaban J connectivity index is 2.42. The molecule has 0 spiro atoms. The van der Waals surface area contributed by atoms with Crippen molar-refractivity contribution in [3.8, 4) is 0 Å². The summed E-state index contributed by atoms with van der Waals surface area (Å²) in [4.78, 5) is 11.6. The second kappa shape index (κ2) is 7.61. The van der Waals surface area contributed by atoms with Crippen LogP contribution in [-0.4, -0.2) is 58.5 Å². The van der Waals surface area contributed by atoms with Crippen molar-refractivity contribution in [1.29, 1.82) is 0 Å². The number of halogens is 5. The summed E-state index contributed by atoms with van der Waals surface area (Å²) in [6.07, 6.45) is -5.10. The minimum Gasteiger partial charge on any atom is -0.394 e. The normalized spacial score (nSPS) is 25.9. The van der Waals surface area contributed by atoms with Crippen LogP contribution in [0.25, 0.3) is 0 Å². The molecule has 1 aliphatic rings. The summed E-state index contributed by atoms with van der Waals surface area (Å²) in [6, 6.07) is 0. The lowest BCUT2D eigenvalue weighted by Crippen LogP contribution is -2.35. The molecule has 7 nitrogen and oxygen atoms in total. The molecule has 1 heterocycles.